The van der Waals surface area contributed by atoms with E-state index in [9.17, 15) is 23.6 Å². The van der Waals surface area contributed by atoms with Crippen molar-refractivity contribution < 1.29 is 18.8 Å². The summed E-state index contributed by atoms with van der Waals surface area (Å²) in [5, 5.41) is 9.72. The number of hydrogen-bond donors (Lipinski definition) is 3. The number of pyridine rings is 2. The largest absolute Gasteiger partial charge is 0.382 e. The molecule has 0 radical (unpaired) electrons. The van der Waals surface area contributed by atoms with E-state index in [2.05, 4.69) is 35.7 Å². The van der Waals surface area contributed by atoms with Crippen molar-refractivity contribution in [2.75, 3.05) is 42.9 Å². The van der Waals surface area contributed by atoms with Gasteiger partial charge in [0.25, 0.3) is 5.91 Å². The Kier molecular flexibility index (Phi) is 9.88. The Morgan fingerprint density at radius 2 is 1.73 bits per heavy atom. The van der Waals surface area contributed by atoms with Crippen molar-refractivity contribution in [3.63, 3.8) is 0 Å². The second-order valence-corrected chi connectivity index (χ2v) is 15.5. The lowest BCUT2D eigenvalue weighted by molar-refractivity contribution is -0.135. The highest BCUT2D eigenvalue weighted by molar-refractivity contribution is 6.00. The van der Waals surface area contributed by atoms with Crippen molar-refractivity contribution in [1.82, 2.24) is 39.2 Å². The SMILES string of the molecule is CC(C)Nc1cc(-n2ccc3cc(F)cnc32)ncc1C(=O)NC1CCC(CN2CCN(c3ccc4c(c3)n(C)c(=O)n4C3CCC(=O)NC3=O)CC2)CC1. The average molecular weight is 751 g/mol. The second kappa shape index (κ2) is 14.9. The summed E-state index contributed by atoms with van der Waals surface area (Å²) < 4.78 is 18.6. The molecule has 1 saturated carbocycles. The zero-order chi connectivity index (χ0) is 38.4. The number of amides is 3. The Balaban J connectivity index is 0.846. The maximum Gasteiger partial charge on any atom is 0.329 e. The van der Waals surface area contributed by atoms with Crippen LogP contribution in [0, 0.1) is 11.7 Å². The molecule has 4 aromatic heterocycles. The standard InChI is InChI=1S/C40H47FN10O4/c1-24(2)44-31-20-35(50-13-12-26-18-27(41)21-43-37(26)50)42-22-30(31)38(53)45-28-6-4-25(5-7-28)23-48-14-16-49(17-15-48)29-8-9-32-34(19-29)47(3)40(55)51(32)33-10-11-36(52)46-39(33)54/h8-9,12-13,18-22,24-25,28,33H,4-7,10-11,14-17,23H2,1-3H3,(H,42,44)(H,45,53)(H,46,52,54). The molecule has 3 fully saturated rings. The normalized spacial score (nSPS) is 21.0. The lowest BCUT2D eigenvalue weighted by atomic mass is 9.85. The predicted octanol–water partition coefficient (Wildman–Crippen LogP) is 4.12. The summed E-state index contributed by atoms with van der Waals surface area (Å²) in [5.41, 5.74) is 4.00. The molecule has 1 atom stereocenters. The summed E-state index contributed by atoms with van der Waals surface area (Å²) in [4.78, 5) is 64.8. The first-order valence-corrected chi connectivity index (χ1v) is 19.2. The molecule has 14 nitrogen and oxygen atoms in total. The van der Waals surface area contributed by atoms with E-state index < -0.39 is 17.8 Å². The number of benzene rings is 1. The number of fused-ring (bicyclic) bond motifs is 2. The van der Waals surface area contributed by atoms with Gasteiger partial charge in [0, 0.05) is 87.8 Å². The summed E-state index contributed by atoms with van der Waals surface area (Å²) in [6.45, 7) is 8.68. The van der Waals surface area contributed by atoms with Crippen molar-refractivity contribution in [2.24, 2.45) is 13.0 Å². The van der Waals surface area contributed by atoms with Gasteiger partial charge in [0.2, 0.25) is 11.8 Å². The first-order valence-electron chi connectivity index (χ1n) is 19.2. The van der Waals surface area contributed by atoms with Gasteiger partial charge in [-0.2, -0.15) is 0 Å². The van der Waals surface area contributed by atoms with Gasteiger partial charge in [0.15, 0.2) is 0 Å². The number of imidazole rings is 1. The smallest absolute Gasteiger partial charge is 0.329 e. The molecule has 3 amide bonds. The number of aryl methyl sites for hydroxylation is 1. The molecule has 15 heteroatoms. The fraction of sp³-hybridized carbons (Fsp3) is 0.450. The molecule has 5 aromatic rings. The lowest BCUT2D eigenvalue weighted by Gasteiger charge is -2.39. The van der Waals surface area contributed by atoms with E-state index in [1.54, 1.807) is 34.6 Å². The Morgan fingerprint density at radius 3 is 2.47 bits per heavy atom. The Labute approximate surface area is 317 Å². The third-order valence-electron chi connectivity index (χ3n) is 11.3. The second-order valence-electron chi connectivity index (χ2n) is 15.5. The minimum Gasteiger partial charge on any atom is -0.382 e. The fourth-order valence-electron chi connectivity index (χ4n) is 8.45. The van der Waals surface area contributed by atoms with E-state index >= 15 is 0 Å². The van der Waals surface area contributed by atoms with E-state index in [1.807, 2.05) is 38.1 Å². The number of aromatic nitrogens is 5. The van der Waals surface area contributed by atoms with Gasteiger partial charge in [-0.25, -0.2) is 19.2 Å². The van der Waals surface area contributed by atoms with Gasteiger partial charge in [0.1, 0.15) is 23.3 Å². The molecule has 2 saturated heterocycles. The Morgan fingerprint density at radius 1 is 0.945 bits per heavy atom. The molecule has 55 heavy (non-hydrogen) atoms. The quantitative estimate of drug-likeness (QED) is 0.189. The Bertz CT molecular complexity index is 2330. The molecule has 1 aromatic carbocycles. The molecular formula is C40H47FN10O4. The highest BCUT2D eigenvalue weighted by Gasteiger charge is 2.32. The molecule has 0 bridgehead atoms. The molecule has 1 aliphatic carbocycles. The summed E-state index contributed by atoms with van der Waals surface area (Å²) in [6.07, 6.45) is 9.04. The van der Waals surface area contributed by atoms with Gasteiger partial charge < -0.3 is 15.5 Å². The van der Waals surface area contributed by atoms with Gasteiger partial charge in [-0.3, -0.25) is 38.3 Å². The van der Waals surface area contributed by atoms with Crippen molar-refractivity contribution in [3.8, 4) is 5.82 Å². The molecule has 6 heterocycles. The van der Waals surface area contributed by atoms with Crippen LogP contribution in [0.2, 0.25) is 0 Å². The molecule has 3 aliphatic rings. The summed E-state index contributed by atoms with van der Waals surface area (Å²) in [6, 6.07) is 10.5. The minimum absolute atomic E-state index is 0.0892. The fourth-order valence-corrected chi connectivity index (χ4v) is 8.45. The van der Waals surface area contributed by atoms with Crippen LogP contribution in [0.4, 0.5) is 15.8 Å². The average Bonchev–Trinajstić information content (AvgIpc) is 3.69. The van der Waals surface area contributed by atoms with Crippen molar-refractivity contribution >= 4 is 51.2 Å². The van der Waals surface area contributed by atoms with Crippen LogP contribution in [0.5, 0.6) is 0 Å². The van der Waals surface area contributed by atoms with Crippen molar-refractivity contribution in [3.05, 3.63) is 76.9 Å². The van der Waals surface area contributed by atoms with Crippen LogP contribution in [-0.2, 0) is 16.6 Å². The van der Waals surface area contributed by atoms with Gasteiger partial charge in [-0.1, -0.05) is 0 Å². The number of anilines is 2. The van der Waals surface area contributed by atoms with E-state index in [1.165, 1.54) is 16.8 Å². The van der Waals surface area contributed by atoms with Crippen LogP contribution in [0.1, 0.15) is 68.8 Å². The van der Waals surface area contributed by atoms with Gasteiger partial charge in [-0.15, -0.1) is 0 Å². The number of imide groups is 1. The number of hydrogen-bond acceptors (Lipinski definition) is 9. The molecule has 0 spiro atoms. The van der Waals surface area contributed by atoms with Crippen LogP contribution in [0.25, 0.3) is 27.9 Å². The van der Waals surface area contributed by atoms with Gasteiger partial charge in [-0.05, 0) is 82.2 Å². The molecule has 2 aliphatic heterocycles. The summed E-state index contributed by atoms with van der Waals surface area (Å²) >= 11 is 0. The monoisotopic (exact) mass is 750 g/mol. The summed E-state index contributed by atoms with van der Waals surface area (Å²) in [7, 11) is 1.72. The van der Waals surface area contributed by atoms with Gasteiger partial charge in [0.05, 0.1) is 28.5 Å². The summed E-state index contributed by atoms with van der Waals surface area (Å²) in [5.74, 6) is -0.129. The molecule has 8 rings (SSSR count). The maximum absolute atomic E-state index is 13.7. The van der Waals surface area contributed by atoms with E-state index in [0.29, 0.717) is 46.0 Å². The number of halogens is 1. The zero-order valence-electron chi connectivity index (χ0n) is 31.4. The molecular weight excluding hydrogens is 704 g/mol. The van der Waals surface area contributed by atoms with Gasteiger partial charge >= 0.3 is 5.69 Å². The molecule has 288 valence electrons. The van der Waals surface area contributed by atoms with Crippen molar-refractivity contribution in [1.29, 1.82) is 0 Å². The number of rotatable bonds is 9. The number of piperazine rings is 1. The lowest BCUT2D eigenvalue weighted by Crippen LogP contribution is -2.48. The van der Waals surface area contributed by atoms with E-state index in [4.69, 9.17) is 0 Å². The number of carbonyl (C=O) groups excluding carboxylic acids is 3. The van der Waals surface area contributed by atoms with E-state index in [0.717, 1.165) is 69.6 Å². The van der Waals surface area contributed by atoms with Crippen LogP contribution >= 0.6 is 0 Å². The third kappa shape index (κ3) is 7.32. The number of nitrogens with zero attached hydrogens (tertiary/aromatic N) is 7. The molecule has 3 N–H and O–H groups in total. The number of piperidine rings is 1. The van der Waals surface area contributed by atoms with Crippen LogP contribution in [-0.4, -0.2) is 91.1 Å². The first-order chi connectivity index (χ1) is 26.5. The number of carbonyl (C=O) groups is 3. The number of nitrogens with one attached hydrogen (secondary N) is 3. The van der Waals surface area contributed by atoms with Crippen LogP contribution in [0.3, 0.4) is 0 Å². The van der Waals surface area contributed by atoms with Crippen molar-refractivity contribution in [2.45, 2.75) is 70.5 Å². The van der Waals surface area contributed by atoms with Crippen LogP contribution < -0.4 is 26.5 Å². The third-order valence-corrected chi connectivity index (χ3v) is 11.3. The van der Waals surface area contributed by atoms with Crippen LogP contribution in [0.15, 0.2) is 59.8 Å². The highest BCUT2D eigenvalue weighted by atomic mass is 19.1. The first kappa shape index (κ1) is 36.4. The maximum atomic E-state index is 13.7. The minimum atomic E-state index is -0.699. The topological polar surface area (TPSA) is 151 Å². The molecule has 1 unspecified atom stereocenters. The predicted molar refractivity (Wildman–Crippen MR) is 208 cm³/mol. The Hall–Kier alpha value is -5.57. The van der Waals surface area contributed by atoms with E-state index in [-0.39, 0.29) is 36.0 Å². The zero-order valence-corrected chi connectivity index (χ0v) is 31.4. The highest BCUT2D eigenvalue weighted by Crippen LogP contribution is 2.30.